The Morgan fingerprint density at radius 3 is 2.03 bits per heavy atom. The maximum absolute atomic E-state index is 11.9. The molecule has 2 aromatic rings. The zero-order chi connectivity index (χ0) is 21.2. The first-order valence-corrected chi connectivity index (χ1v) is 9.02. The van der Waals surface area contributed by atoms with Gasteiger partial charge in [-0.25, -0.2) is 0 Å². The van der Waals surface area contributed by atoms with Gasteiger partial charge in [-0.2, -0.15) is 0 Å². The Hall–Kier alpha value is -3.68. The number of hydrogen-bond acceptors (Lipinski definition) is 5. The highest BCUT2D eigenvalue weighted by atomic mass is 16.5. The number of nitrogens with one attached hydrogen (secondary N) is 3. The van der Waals surface area contributed by atoms with E-state index >= 15 is 0 Å². The number of amides is 3. The van der Waals surface area contributed by atoms with E-state index in [0.29, 0.717) is 17.1 Å². The summed E-state index contributed by atoms with van der Waals surface area (Å²) in [5.74, 6) is -1.64. The lowest BCUT2D eigenvalue weighted by atomic mass is 10.2. The van der Waals surface area contributed by atoms with Crippen LogP contribution in [0.2, 0.25) is 0 Å². The van der Waals surface area contributed by atoms with E-state index < -0.39 is 18.5 Å². The second kappa shape index (κ2) is 10.6. The molecule has 3 amide bonds. The minimum Gasteiger partial charge on any atom is -0.456 e. The maximum Gasteiger partial charge on any atom is 0.306 e. The average molecular weight is 397 g/mol. The van der Waals surface area contributed by atoms with Gasteiger partial charge in [0.1, 0.15) is 0 Å². The molecule has 2 aromatic carbocycles. The summed E-state index contributed by atoms with van der Waals surface area (Å²) in [6.45, 7) is 2.82. The molecule has 152 valence electrons. The van der Waals surface area contributed by atoms with Gasteiger partial charge in [-0.3, -0.25) is 19.2 Å². The van der Waals surface area contributed by atoms with Crippen LogP contribution in [0, 0.1) is 6.92 Å². The third kappa shape index (κ3) is 7.84. The zero-order valence-electron chi connectivity index (χ0n) is 16.3. The molecule has 0 unspecified atom stereocenters. The zero-order valence-corrected chi connectivity index (χ0v) is 16.3. The molecule has 0 saturated heterocycles. The largest absolute Gasteiger partial charge is 0.456 e. The van der Waals surface area contributed by atoms with E-state index in [9.17, 15) is 19.2 Å². The summed E-state index contributed by atoms with van der Waals surface area (Å²) in [4.78, 5) is 46.5. The van der Waals surface area contributed by atoms with Crippen LogP contribution in [-0.2, 0) is 23.9 Å². The number of benzene rings is 2. The number of esters is 1. The van der Waals surface area contributed by atoms with Crippen LogP contribution in [-0.4, -0.2) is 30.3 Å². The topological polar surface area (TPSA) is 114 Å². The van der Waals surface area contributed by atoms with Gasteiger partial charge in [-0.05, 0) is 42.8 Å². The molecular weight excluding hydrogens is 374 g/mol. The molecule has 2 rings (SSSR count). The fraction of sp³-hybridized carbons (Fsp3) is 0.238. The predicted octanol–water partition coefficient (Wildman–Crippen LogP) is 2.85. The van der Waals surface area contributed by atoms with Gasteiger partial charge in [0.2, 0.25) is 11.8 Å². The second-order valence-corrected chi connectivity index (χ2v) is 6.33. The number of rotatable bonds is 8. The van der Waals surface area contributed by atoms with Gasteiger partial charge in [-0.1, -0.05) is 18.2 Å². The van der Waals surface area contributed by atoms with Gasteiger partial charge in [0, 0.05) is 30.4 Å². The van der Waals surface area contributed by atoms with Crippen molar-refractivity contribution in [1.82, 2.24) is 0 Å². The fourth-order valence-corrected chi connectivity index (χ4v) is 2.40. The number of para-hydroxylation sites is 1. The summed E-state index contributed by atoms with van der Waals surface area (Å²) >= 11 is 0. The van der Waals surface area contributed by atoms with Crippen molar-refractivity contribution in [1.29, 1.82) is 0 Å². The molecule has 3 N–H and O–H groups in total. The maximum atomic E-state index is 11.9. The highest BCUT2D eigenvalue weighted by molar-refractivity contribution is 5.95. The second-order valence-electron chi connectivity index (χ2n) is 6.33. The Balaban J connectivity index is 1.69. The molecule has 8 heteroatoms. The molecule has 0 saturated carbocycles. The summed E-state index contributed by atoms with van der Waals surface area (Å²) in [7, 11) is 0. The summed E-state index contributed by atoms with van der Waals surface area (Å²) in [6.07, 6.45) is -0.171. The molecular formula is C21H23N3O5. The average Bonchev–Trinajstić information content (AvgIpc) is 2.68. The Bertz CT molecular complexity index is 893. The SMILES string of the molecule is CC(=O)Nc1ccc(NC(=O)COC(=O)CCC(=O)Nc2ccccc2C)cc1. The van der Waals surface area contributed by atoms with Crippen LogP contribution in [0.15, 0.2) is 48.5 Å². The molecule has 8 nitrogen and oxygen atoms in total. The Morgan fingerprint density at radius 2 is 1.41 bits per heavy atom. The number of carbonyl (C=O) groups excluding carboxylic acids is 4. The van der Waals surface area contributed by atoms with Crippen molar-refractivity contribution in [3.63, 3.8) is 0 Å². The minimum atomic E-state index is -0.638. The molecule has 29 heavy (non-hydrogen) atoms. The number of anilines is 3. The van der Waals surface area contributed by atoms with E-state index in [1.54, 1.807) is 30.3 Å². The van der Waals surface area contributed by atoms with E-state index in [0.717, 1.165) is 5.56 Å². The first-order valence-electron chi connectivity index (χ1n) is 9.02. The van der Waals surface area contributed by atoms with Crippen molar-refractivity contribution in [3.8, 4) is 0 Å². The minimum absolute atomic E-state index is 0.0423. The number of aryl methyl sites for hydroxylation is 1. The molecule has 0 aliphatic heterocycles. The summed E-state index contributed by atoms with van der Waals surface area (Å²) in [5.41, 5.74) is 2.71. The Kier molecular flexibility index (Phi) is 7.90. The fourth-order valence-electron chi connectivity index (χ4n) is 2.40. The highest BCUT2D eigenvalue weighted by Crippen LogP contribution is 2.14. The Morgan fingerprint density at radius 1 is 0.793 bits per heavy atom. The standard InChI is InChI=1S/C21H23N3O5/c1-14-5-3-4-6-18(14)24-19(26)11-12-21(28)29-13-20(27)23-17-9-7-16(8-10-17)22-15(2)25/h3-10H,11-13H2,1-2H3,(H,22,25)(H,23,27)(H,24,26). The lowest BCUT2D eigenvalue weighted by Gasteiger charge is -2.09. The van der Waals surface area contributed by atoms with Gasteiger partial charge < -0.3 is 20.7 Å². The van der Waals surface area contributed by atoms with Gasteiger partial charge in [0.25, 0.3) is 5.91 Å². The quantitative estimate of drug-likeness (QED) is 0.593. The number of hydrogen-bond donors (Lipinski definition) is 3. The van der Waals surface area contributed by atoms with E-state index in [1.165, 1.54) is 6.92 Å². The van der Waals surface area contributed by atoms with Crippen molar-refractivity contribution >= 4 is 40.8 Å². The van der Waals surface area contributed by atoms with Crippen LogP contribution >= 0.6 is 0 Å². The first kappa shape index (κ1) is 21.6. The number of carbonyl (C=O) groups is 4. The van der Waals surface area contributed by atoms with E-state index in [4.69, 9.17) is 4.74 Å². The summed E-state index contributed by atoms with van der Waals surface area (Å²) in [5, 5.41) is 7.91. The van der Waals surface area contributed by atoms with Gasteiger partial charge in [-0.15, -0.1) is 0 Å². The third-order valence-corrected chi connectivity index (χ3v) is 3.83. The van der Waals surface area contributed by atoms with Crippen LogP contribution in [0.25, 0.3) is 0 Å². The molecule has 0 spiro atoms. The van der Waals surface area contributed by atoms with Crippen LogP contribution in [0.5, 0.6) is 0 Å². The molecule has 0 aliphatic rings. The Labute approximate surface area is 168 Å². The van der Waals surface area contributed by atoms with Gasteiger partial charge in [0.15, 0.2) is 6.61 Å². The van der Waals surface area contributed by atoms with Crippen LogP contribution < -0.4 is 16.0 Å². The lowest BCUT2D eigenvalue weighted by Crippen LogP contribution is -2.21. The molecule has 0 atom stereocenters. The predicted molar refractivity (Wildman–Crippen MR) is 109 cm³/mol. The third-order valence-electron chi connectivity index (χ3n) is 3.83. The summed E-state index contributed by atoms with van der Waals surface area (Å²) in [6, 6.07) is 13.8. The smallest absolute Gasteiger partial charge is 0.306 e. The van der Waals surface area contributed by atoms with Crippen LogP contribution in [0.3, 0.4) is 0 Å². The summed E-state index contributed by atoms with van der Waals surface area (Å²) < 4.78 is 4.89. The molecule has 0 heterocycles. The molecule has 0 aliphatic carbocycles. The van der Waals surface area contributed by atoms with Crippen molar-refractivity contribution in [2.24, 2.45) is 0 Å². The molecule has 0 aromatic heterocycles. The highest BCUT2D eigenvalue weighted by Gasteiger charge is 2.11. The van der Waals surface area contributed by atoms with Crippen molar-refractivity contribution in [3.05, 3.63) is 54.1 Å². The van der Waals surface area contributed by atoms with Gasteiger partial charge >= 0.3 is 5.97 Å². The van der Waals surface area contributed by atoms with E-state index in [1.807, 2.05) is 25.1 Å². The molecule has 0 radical (unpaired) electrons. The normalized spacial score (nSPS) is 10.0. The van der Waals surface area contributed by atoms with E-state index in [-0.39, 0.29) is 24.7 Å². The van der Waals surface area contributed by atoms with E-state index in [2.05, 4.69) is 16.0 Å². The van der Waals surface area contributed by atoms with Crippen molar-refractivity contribution in [2.45, 2.75) is 26.7 Å². The van der Waals surface area contributed by atoms with Crippen LogP contribution in [0.1, 0.15) is 25.3 Å². The van der Waals surface area contributed by atoms with Crippen molar-refractivity contribution in [2.75, 3.05) is 22.6 Å². The molecule has 0 fully saturated rings. The van der Waals surface area contributed by atoms with Gasteiger partial charge in [0.05, 0.1) is 6.42 Å². The molecule has 0 bridgehead atoms. The lowest BCUT2D eigenvalue weighted by molar-refractivity contribution is -0.147. The number of ether oxygens (including phenoxy) is 1. The monoisotopic (exact) mass is 397 g/mol. The first-order chi connectivity index (χ1) is 13.8. The van der Waals surface area contributed by atoms with Crippen molar-refractivity contribution < 1.29 is 23.9 Å². The van der Waals surface area contributed by atoms with Crippen LogP contribution in [0.4, 0.5) is 17.1 Å².